The average Bonchev–Trinajstić information content (AvgIpc) is 3.24. The molecule has 0 radical (unpaired) electrons. The Bertz CT molecular complexity index is 734. The highest BCUT2D eigenvalue weighted by atomic mass is 16.5. The van der Waals surface area contributed by atoms with E-state index in [0.717, 1.165) is 55.1 Å². The summed E-state index contributed by atoms with van der Waals surface area (Å²) in [4.78, 5) is 0. The maximum absolute atomic E-state index is 7.07. The lowest BCUT2D eigenvalue weighted by molar-refractivity contribution is -0.134. The Kier molecular flexibility index (Phi) is 5.76. The summed E-state index contributed by atoms with van der Waals surface area (Å²) in [7, 11) is 0. The second-order valence-electron chi connectivity index (χ2n) is 14.0. The molecule has 4 heteroatoms. The van der Waals surface area contributed by atoms with Crippen molar-refractivity contribution in [2.45, 2.75) is 110 Å². The number of nitrogens with one attached hydrogen (secondary N) is 2. The van der Waals surface area contributed by atoms with E-state index < -0.39 is 0 Å². The van der Waals surface area contributed by atoms with Gasteiger partial charge in [-0.05, 0) is 111 Å². The van der Waals surface area contributed by atoms with Gasteiger partial charge < -0.3 is 15.8 Å². The number of hydrogen-bond acceptors (Lipinski definition) is 4. The summed E-state index contributed by atoms with van der Waals surface area (Å²) < 4.78 is 7.07. The van der Waals surface area contributed by atoms with E-state index in [1.807, 2.05) is 0 Å². The monoisotopic (exact) mass is 457 g/mol. The van der Waals surface area contributed by atoms with E-state index in [9.17, 15) is 0 Å². The molecule has 4 N–H and O–H groups in total. The largest absolute Gasteiger partial charge is 0.357 e. The molecule has 0 aromatic heterocycles. The van der Waals surface area contributed by atoms with Crippen LogP contribution in [0.4, 0.5) is 0 Å². The fourth-order valence-corrected chi connectivity index (χ4v) is 10.9. The lowest BCUT2D eigenvalue weighted by atomic mass is 9.44. The SMILES string of the molecule is CC1CC[C@]2(NC1)O[C@H]1C[C@H]3[C@@H]4CC[C@H]5CC(NCCN)CC[C@]5(C)[C@H]4CC[C@]3(C)[C@H]1[C@@H]2C. The summed E-state index contributed by atoms with van der Waals surface area (Å²) in [6.07, 6.45) is 14.4. The van der Waals surface area contributed by atoms with Crippen LogP contribution < -0.4 is 16.4 Å². The van der Waals surface area contributed by atoms with E-state index in [2.05, 4.69) is 38.3 Å². The Morgan fingerprint density at radius 3 is 2.52 bits per heavy atom. The first kappa shape index (κ1) is 23.3. The molecule has 0 aromatic carbocycles. The van der Waals surface area contributed by atoms with Crippen LogP contribution in [-0.2, 0) is 4.74 Å². The minimum atomic E-state index is -0.0226. The Morgan fingerprint density at radius 1 is 0.939 bits per heavy atom. The fourth-order valence-electron chi connectivity index (χ4n) is 10.9. The quantitative estimate of drug-likeness (QED) is 0.563. The van der Waals surface area contributed by atoms with Crippen LogP contribution in [0, 0.1) is 52.3 Å². The first-order valence-electron chi connectivity index (χ1n) is 14.7. The summed E-state index contributed by atoms with van der Waals surface area (Å²) in [6, 6.07) is 0.707. The van der Waals surface area contributed by atoms with Crippen LogP contribution in [0.25, 0.3) is 0 Å². The third kappa shape index (κ3) is 3.36. The molecule has 4 nitrogen and oxygen atoms in total. The van der Waals surface area contributed by atoms with Crippen LogP contribution in [0.5, 0.6) is 0 Å². The molecule has 6 fully saturated rings. The first-order valence-corrected chi connectivity index (χ1v) is 14.7. The van der Waals surface area contributed by atoms with Crippen molar-refractivity contribution in [2.24, 2.45) is 58.0 Å². The lowest BCUT2D eigenvalue weighted by Crippen LogP contribution is -2.58. The van der Waals surface area contributed by atoms with Gasteiger partial charge in [0.2, 0.25) is 0 Å². The fraction of sp³-hybridized carbons (Fsp3) is 1.00. The van der Waals surface area contributed by atoms with Crippen LogP contribution in [0.2, 0.25) is 0 Å². The molecular weight excluding hydrogens is 406 g/mol. The molecule has 188 valence electrons. The van der Waals surface area contributed by atoms with Crippen molar-refractivity contribution in [2.75, 3.05) is 19.6 Å². The van der Waals surface area contributed by atoms with Gasteiger partial charge in [-0.25, -0.2) is 0 Å². The average molecular weight is 458 g/mol. The summed E-state index contributed by atoms with van der Waals surface area (Å²) in [5.74, 6) is 5.89. The van der Waals surface area contributed by atoms with Crippen molar-refractivity contribution < 1.29 is 4.74 Å². The van der Waals surface area contributed by atoms with E-state index in [0.29, 0.717) is 28.9 Å². The Morgan fingerprint density at radius 2 is 1.76 bits per heavy atom. The summed E-state index contributed by atoms with van der Waals surface area (Å²) in [5.41, 5.74) is 6.81. The van der Waals surface area contributed by atoms with E-state index in [4.69, 9.17) is 10.5 Å². The van der Waals surface area contributed by atoms with Gasteiger partial charge in [-0.1, -0.05) is 27.7 Å². The summed E-state index contributed by atoms with van der Waals surface area (Å²) >= 11 is 0. The molecule has 33 heavy (non-hydrogen) atoms. The smallest absolute Gasteiger partial charge is 0.122 e. The van der Waals surface area contributed by atoms with E-state index in [1.165, 1.54) is 64.2 Å². The highest BCUT2D eigenvalue weighted by Crippen LogP contribution is 2.71. The molecule has 2 heterocycles. The molecule has 6 aliphatic rings. The molecule has 2 saturated heterocycles. The van der Waals surface area contributed by atoms with Crippen molar-refractivity contribution in [1.82, 2.24) is 10.6 Å². The number of nitrogens with two attached hydrogens (primary N) is 1. The number of rotatable bonds is 3. The van der Waals surface area contributed by atoms with Gasteiger partial charge in [0.1, 0.15) is 5.72 Å². The third-order valence-electron chi connectivity index (χ3n) is 12.7. The molecule has 4 aliphatic carbocycles. The van der Waals surface area contributed by atoms with Crippen LogP contribution in [0.3, 0.4) is 0 Å². The number of ether oxygens (including phenoxy) is 1. The maximum atomic E-state index is 7.07. The van der Waals surface area contributed by atoms with E-state index >= 15 is 0 Å². The predicted molar refractivity (Wildman–Crippen MR) is 135 cm³/mol. The van der Waals surface area contributed by atoms with Crippen molar-refractivity contribution >= 4 is 0 Å². The molecule has 0 aromatic rings. The standard InChI is InChI=1S/C29H51N3O/c1-18-7-12-29(32-17-18)19(2)26-25(33-29)16-24-22-6-5-20-15-21(31-14-13-30)8-10-27(20,3)23(22)9-11-28(24,26)4/h18-26,31-32H,5-17,30H2,1-4H3/t18?,19-,20-,21?,22+,23-,24-,25-,26-,27-,28-,29-/m0/s1. The van der Waals surface area contributed by atoms with Crippen molar-refractivity contribution in [3.8, 4) is 0 Å². The second-order valence-corrected chi connectivity index (χ2v) is 14.0. The molecule has 0 bridgehead atoms. The van der Waals surface area contributed by atoms with Crippen molar-refractivity contribution in [3.63, 3.8) is 0 Å². The molecule has 4 saturated carbocycles. The molecule has 0 amide bonds. The Balaban J connectivity index is 1.19. The zero-order valence-electron chi connectivity index (χ0n) is 21.9. The van der Waals surface area contributed by atoms with Gasteiger partial charge in [0.25, 0.3) is 0 Å². The highest BCUT2D eigenvalue weighted by molar-refractivity contribution is 5.16. The van der Waals surface area contributed by atoms with E-state index in [-0.39, 0.29) is 5.72 Å². The van der Waals surface area contributed by atoms with Gasteiger partial charge in [0.05, 0.1) is 6.10 Å². The number of piperidine rings is 1. The van der Waals surface area contributed by atoms with Crippen molar-refractivity contribution in [3.05, 3.63) is 0 Å². The van der Waals surface area contributed by atoms with Crippen LogP contribution in [0.1, 0.15) is 91.9 Å². The Hall–Kier alpha value is -0.160. The van der Waals surface area contributed by atoms with Crippen LogP contribution >= 0.6 is 0 Å². The van der Waals surface area contributed by atoms with Gasteiger partial charge in [0.15, 0.2) is 0 Å². The van der Waals surface area contributed by atoms with Gasteiger partial charge in [-0.2, -0.15) is 0 Å². The Labute approximate surface area is 202 Å². The normalized spacial score (nSPS) is 57.9. The van der Waals surface area contributed by atoms with Gasteiger partial charge in [-0.15, -0.1) is 0 Å². The maximum Gasteiger partial charge on any atom is 0.122 e. The van der Waals surface area contributed by atoms with Gasteiger partial charge in [0, 0.05) is 31.6 Å². The van der Waals surface area contributed by atoms with Gasteiger partial charge in [-0.3, -0.25) is 5.32 Å². The second kappa shape index (κ2) is 8.18. The topological polar surface area (TPSA) is 59.3 Å². The summed E-state index contributed by atoms with van der Waals surface area (Å²) in [5, 5.41) is 7.67. The van der Waals surface area contributed by atoms with Crippen LogP contribution in [-0.4, -0.2) is 37.5 Å². The molecule has 6 rings (SSSR count). The molecular formula is C29H51N3O. The molecule has 2 unspecified atom stereocenters. The molecule has 1 spiro atoms. The van der Waals surface area contributed by atoms with Crippen LogP contribution in [0.15, 0.2) is 0 Å². The molecule has 12 atom stereocenters. The highest BCUT2D eigenvalue weighted by Gasteiger charge is 2.68. The minimum Gasteiger partial charge on any atom is -0.357 e. The van der Waals surface area contributed by atoms with Crippen molar-refractivity contribution in [1.29, 1.82) is 0 Å². The predicted octanol–water partition coefficient (Wildman–Crippen LogP) is 4.92. The minimum absolute atomic E-state index is 0.0226. The third-order valence-corrected chi connectivity index (χ3v) is 12.7. The zero-order valence-corrected chi connectivity index (χ0v) is 21.9. The lowest BCUT2D eigenvalue weighted by Gasteiger charge is -2.61. The molecule has 2 aliphatic heterocycles. The first-order chi connectivity index (χ1) is 15.8. The van der Waals surface area contributed by atoms with Gasteiger partial charge >= 0.3 is 0 Å². The number of hydrogen-bond donors (Lipinski definition) is 3. The van der Waals surface area contributed by atoms with E-state index in [1.54, 1.807) is 0 Å². The number of fused-ring (bicyclic) bond motifs is 7. The zero-order chi connectivity index (χ0) is 23.0. The summed E-state index contributed by atoms with van der Waals surface area (Å²) in [6.45, 7) is 13.2.